The van der Waals surface area contributed by atoms with E-state index in [4.69, 9.17) is 11.6 Å². The second-order valence-corrected chi connectivity index (χ2v) is 4.84. The molecule has 0 aliphatic carbocycles. The van der Waals surface area contributed by atoms with Crippen molar-refractivity contribution in [3.8, 4) is 0 Å². The number of benzene rings is 1. The van der Waals surface area contributed by atoms with Crippen LogP contribution in [0.1, 0.15) is 38.2 Å². The largest absolute Gasteiger partial charge is 0.269 e. The Morgan fingerprint density at radius 2 is 1.94 bits per heavy atom. The summed E-state index contributed by atoms with van der Waals surface area (Å²) in [6, 6.07) is 6.64. The van der Waals surface area contributed by atoms with Crippen molar-refractivity contribution < 1.29 is 4.92 Å². The molecule has 0 saturated carbocycles. The van der Waals surface area contributed by atoms with Gasteiger partial charge in [0.15, 0.2) is 0 Å². The van der Waals surface area contributed by atoms with Crippen LogP contribution in [0.3, 0.4) is 0 Å². The van der Waals surface area contributed by atoms with Gasteiger partial charge in [-0.2, -0.15) is 0 Å². The van der Waals surface area contributed by atoms with Crippen LogP contribution in [0.4, 0.5) is 5.69 Å². The average molecular weight is 256 g/mol. The minimum Gasteiger partial charge on any atom is -0.258 e. The van der Waals surface area contributed by atoms with Gasteiger partial charge in [-0.05, 0) is 18.4 Å². The fraction of sp³-hybridized carbons (Fsp3) is 0.538. The number of halogens is 1. The van der Waals surface area contributed by atoms with E-state index in [1.54, 1.807) is 12.1 Å². The highest BCUT2D eigenvalue weighted by Crippen LogP contribution is 2.17. The summed E-state index contributed by atoms with van der Waals surface area (Å²) in [5.74, 6) is 0. The SMILES string of the molecule is CCCCCC(Cl)Cc1ccc([N+](=O)[O-])cc1. The number of rotatable bonds is 7. The van der Waals surface area contributed by atoms with Crippen LogP contribution >= 0.6 is 11.6 Å². The summed E-state index contributed by atoms with van der Waals surface area (Å²) in [6.45, 7) is 2.17. The first kappa shape index (κ1) is 14.0. The van der Waals surface area contributed by atoms with Crippen LogP contribution in [0.15, 0.2) is 24.3 Å². The highest BCUT2D eigenvalue weighted by molar-refractivity contribution is 6.20. The van der Waals surface area contributed by atoms with Gasteiger partial charge in [0.1, 0.15) is 0 Å². The Morgan fingerprint density at radius 3 is 2.47 bits per heavy atom. The van der Waals surface area contributed by atoms with E-state index in [1.807, 2.05) is 0 Å². The number of non-ortho nitro benzene ring substituents is 1. The van der Waals surface area contributed by atoms with Crippen LogP contribution in [0.2, 0.25) is 0 Å². The second kappa shape index (κ2) is 7.28. The predicted molar refractivity (Wildman–Crippen MR) is 70.6 cm³/mol. The minimum atomic E-state index is -0.386. The Kier molecular flexibility index (Phi) is 5.98. The molecule has 0 bridgehead atoms. The number of nitro benzene ring substituents is 1. The summed E-state index contributed by atoms with van der Waals surface area (Å²) in [5.41, 5.74) is 1.19. The van der Waals surface area contributed by atoms with Crippen LogP contribution in [0, 0.1) is 10.1 Å². The summed E-state index contributed by atoms with van der Waals surface area (Å²) in [5, 5.41) is 10.6. The van der Waals surface area contributed by atoms with E-state index in [0.29, 0.717) is 0 Å². The van der Waals surface area contributed by atoms with Crippen LogP contribution in [0.25, 0.3) is 0 Å². The fourth-order valence-electron chi connectivity index (χ4n) is 1.73. The molecular weight excluding hydrogens is 238 g/mol. The van der Waals surface area contributed by atoms with Gasteiger partial charge in [0, 0.05) is 17.5 Å². The van der Waals surface area contributed by atoms with Crippen molar-refractivity contribution in [2.75, 3.05) is 0 Å². The maximum Gasteiger partial charge on any atom is 0.269 e. The van der Waals surface area contributed by atoms with Gasteiger partial charge in [0.05, 0.1) is 4.92 Å². The number of hydrogen-bond donors (Lipinski definition) is 0. The molecule has 0 radical (unpaired) electrons. The Bertz CT molecular complexity index is 351. The lowest BCUT2D eigenvalue weighted by molar-refractivity contribution is -0.384. The number of alkyl halides is 1. The van der Waals surface area contributed by atoms with E-state index >= 15 is 0 Å². The van der Waals surface area contributed by atoms with Crippen LogP contribution in [-0.2, 0) is 6.42 Å². The lowest BCUT2D eigenvalue weighted by Crippen LogP contribution is -2.03. The summed E-state index contributed by atoms with van der Waals surface area (Å²) >= 11 is 6.22. The molecule has 0 fully saturated rings. The molecule has 0 spiro atoms. The zero-order chi connectivity index (χ0) is 12.7. The van der Waals surface area contributed by atoms with Gasteiger partial charge in [0.2, 0.25) is 0 Å². The highest BCUT2D eigenvalue weighted by Gasteiger charge is 2.08. The van der Waals surface area contributed by atoms with Crippen molar-refractivity contribution in [3.05, 3.63) is 39.9 Å². The molecule has 1 unspecified atom stereocenters. The van der Waals surface area contributed by atoms with E-state index in [2.05, 4.69) is 6.92 Å². The smallest absolute Gasteiger partial charge is 0.258 e. The first-order valence-electron chi connectivity index (χ1n) is 6.01. The van der Waals surface area contributed by atoms with Crippen molar-refractivity contribution in [1.29, 1.82) is 0 Å². The van der Waals surface area contributed by atoms with Gasteiger partial charge in [0.25, 0.3) is 5.69 Å². The molecule has 0 saturated heterocycles. The van der Waals surface area contributed by atoms with Crippen LogP contribution in [0.5, 0.6) is 0 Å². The number of nitrogens with zero attached hydrogens (tertiary/aromatic N) is 1. The molecule has 0 aliphatic rings. The molecule has 0 aliphatic heterocycles. The summed E-state index contributed by atoms with van der Waals surface area (Å²) < 4.78 is 0. The zero-order valence-electron chi connectivity index (χ0n) is 10.1. The van der Waals surface area contributed by atoms with E-state index in [1.165, 1.54) is 25.0 Å². The maximum absolute atomic E-state index is 10.5. The third kappa shape index (κ3) is 5.18. The van der Waals surface area contributed by atoms with Crippen molar-refractivity contribution in [2.45, 2.75) is 44.4 Å². The van der Waals surface area contributed by atoms with Crippen LogP contribution < -0.4 is 0 Å². The molecule has 1 aromatic rings. The van der Waals surface area contributed by atoms with E-state index < -0.39 is 0 Å². The normalized spacial score (nSPS) is 12.4. The quantitative estimate of drug-likeness (QED) is 0.315. The molecule has 4 heteroatoms. The standard InChI is InChI=1S/C13H18ClNO2/c1-2-3-4-5-12(14)10-11-6-8-13(9-7-11)15(16)17/h6-9,12H,2-5,10H2,1H3. The first-order chi connectivity index (χ1) is 8.13. The molecule has 0 heterocycles. The summed E-state index contributed by atoms with van der Waals surface area (Å²) in [7, 11) is 0. The Hall–Kier alpha value is -1.09. The summed E-state index contributed by atoms with van der Waals surface area (Å²) in [6.07, 6.45) is 5.35. The van der Waals surface area contributed by atoms with Gasteiger partial charge in [-0.3, -0.25) is 10.1 Å². The molecular formula is C13H18ClNO2. The maximum atomic E-state index is 10.5. The predicted octanol–water partition coefficient (Wildman–Crippen LogP) is 4.33. The zero-order valence-corrected chi connectivity index (χ0v) is 10.8. The molecule has 3 nitrogen and oxygen atoms in total. The first-order valence-corrected chi connectivity index (χ1v) is 6.44. The molecule has 1 rings (SSSR count). The highest BCUT2D eigenvalue weighted by atomic mass is 35.5. The van der Waals surface area contributed by atoms with E-state index in [9.17, 15) is 10.1 Å². The van der Waals surface area contributed by atoms with Crippen molar-refractivity contribution in [2.24, 2.45) is 0 Å². The van der Waals surface area contributed by atoms with Crippen molar-refractivity contribution >= 4 is 17.3 Å². The topological polar surface area (TPSA) is 43.1 Å². The number of nitro groups is 1. The molecule has 1 aromatic carbocycles. The fourth-order valence-corrected chi connectivity index (χ4v) is 2.06. The number of hydrogen-bond acceptors (Lipinski definition) is 2. The monoisotopic (exact) mass is 255 g/mol. The van der Waals surface area contributed by atoms with Gasteiger partial charge < -0.3 is 0 Å². The van der Waals surface area contributed by atoms with E-state index in [-0.39, 0.29) is 16.0 Å². The molecule has 0 amide bonds. The molecule has 1 atom stereocenters. The minimum absolute atomic E-state index is 0.128. The van der Waals surface area contributed by atoms with Crippen molar-refractivity contribution in [1.82, 2.24) is 0 Å². The van der Waals surface area contributed by atoms with E-state index in [0.717, 1.165) is 24.8 Å². The van der Waals surface area contributed by atoms with Crippen LogP contribution in [-0.4, -0.2) is 10.3 Å². The number of unbranched alkanes of at least 4 members (excludes halogenated alkanes) is 2. The van der Waals surface area contributed by atoms with Gasteiger partial charge in [-0.25, -0.2) is 0 Å². The molecule has 0 N–H and O–H groups in total. The Balaban J connectivity index is 2.43. The average Bonchev–Trinajstić information content (AvgIpc) is 2.30. The molecule has 94 valence electrons. The molecule has 0 aromatic heterocycles. The van der Waals surface area contributed by atoms with Crippen molar-refractivity contribution in [3.63, 3.8) is 0 Å². The third-order valence-electron chi connectivity index (χ3n) is 2.73. The molecule has 17 heavy (non-hydrogen) atoms. The Labute approximate surface area is 107 Å². The second-order valence-electron chi connectivity index (χ2n) is 4.22. The lowest BCUT2D eigenvalue weighted by Gasteiger charge is -2.08. The van der Waals surface area contributed by atoms with Gasteiger partial charge in [-0.1, -0.05) is 38.3 Å². The summed E-state index contributed by atoms with van der Waals surface area (Å²) in [4.78, 5) is 10.1. The van der Waals surface area contributed by atoms with Gasteiger partial charge in [-0.15, -0.1) is 11.6 Å². The third-order valence-corrected chi connectivity index (χ3v) is 3.10. The van der Waals surface area contributed by atoms with Gasteiger partial charge >= 0.3 is 0 Å². The Morgan fingerprint density at radius 1 is 1.29 bits per heavy atom. The lowest BCUT2D eigenvalue weighted by atomic mass is 10.0.